The van der Waals surface area contributed by atoms with E-state index in [1.54, 1.807) is 0 Å². The Bertz CT molecular complexity index is 762. The highest BCUT2D eigenvalue weighted by atomic mass is 16.6. The van der Waals surface area contributed by atoms with Crippen LogP contribution in [0.15, 0.2) is 0 Å². The van der Waals surface area contributed by atoms with Crippen molar-refractivity contribution < 1.29 is 49.1 Å². The van der Waals surface area contributed by atoms with Crippen molar-refractivity contribution in [1.82, 2.24) is 9.80 Å². The molecular formula is C23H40N2O10. The number of β-amino-alcohol motifs (C(OH)–C–C–N with tert-alkyl or cyclic N) is 2. The molecular weight excluding hydrogens is 464 g/mol. The van der Waals surface area contributed by atoms with E-state index in [-0.39, 0.29) is 25.0 Å². The van der Waals surface area contributed by atoms with E-state index in [1.165, 1.54) is 20.8 Å². The van der Waals surface area contributed by atoms with Crippen molar-refractivity contribution in [1.29, 1.82) is 0 Å². The smallest absolute Gasteiger partial charge is 0.338 e. The highest BCUT2D eigenvalue weighted by molar-refractivity contribution is 6.02. The number of amides is 3. The Morgan fingerprint density at radius 1 is 0.914 bits per heavy atom. The first-order valence-electron chi connectivity index (χ1n) is 11.7. The minimum Gasteiger partial charge on any atom is -0.461 e. The normalized spacial score (nSPS) is 18.3. The first kappa shape index (κ1) is 30.8. The molecule has 0 bridgehead atoms. The lowest BCUT2D eigenvalue weighted by Crippen LogP contribution is -2.45. The Hall–Kier alpha value is -2.28. The maximum atomic E-state index is 12.6. The summed E-state index contributed by atoms with van der Waals surface area (Å²) in [6.07, 6.45) is -4.62. The van der Waals surface area contributed by atoms with Crippen LogP contribution in [-0.4, -0.2) is 110 Å². The molecule has 0 aromatic rings. The first-order chi connectivity index (χ1) is 16.0. The lowest BCUT2D eigenvalue weighted by molar-refractivity contribution is -0.181. The zero-order valence-electron chi connectivity index (χ0n) is 21.4. The van der Waals surface area contributed by atoms with Crippen LogP contribution in [0.2, 0.25) is 0 Å². The number of carbonyl (C=O) groups excluding carboxylic acids is 4. The van der Waals surface area contributed by atoms with Crippen LogP contribution in [0.1, 0.15) is 60.8 Å². The molecule has 1 saturated heterocycles. The molecule has 1 rings (SSSR count). The predicted molar refractivity (Wildman–Crippen MR) is 123 cm³/mol. The van der Waals surface area contributed by atoms with Gasteiger partial charge < -0.3 is 34.8 Å². The average Bonchev–Trinajstić information content (AvgIpc) is 3.02. The van der Waals surface area contributed by atoms with Gasteiger partial charge in [-0.25, -0.2) is 14.4 Å². The molecule has 4 atom stereocenters. The number of carbonyl (C=O) groups is 4. The third-order valence-electron chi connectivity index (χ3n) is 6.00. The summed E-state index contributed by atoms with van der Waals surface area (Å²) in [5, 5.41) is 40.1. The molecule has 0 aliphatic carbocycles. The zero-order valence-corrected chi connectivity index (χ0v) is 21.4. The van der Waals surface area contributed by atoms with Gasteiger partial charge in [0.15, 0.2) is 12.2 Å². The van der Waals surface area contributed by atoms with Crippen molar-refractivity contribution in [2.45, 2.75) is 90.8 Å². The third kappa shape index (κ3) is 9.36. The number of rotatable bonds is 13. The van der Waals surface area contributed by atoms with Crippen LogP contribution >= 0.6 is 0 Å². The fourth-order valence-electron chi connectivity index (χ4n) is 3.49. The fourth-order valence-corrected chi connectivity index (χ4v) is 3.49. The van der Waals surface area contributed by atoms with E-state index in [9.17, 15) is 39.6 Å². The van der Waals surface area contributed by atoms with E-state index in [0.717, 1.165) is 22.6 Å². The van der Waals surface area contributed by atoms with E-state index in [2.05, 4.69) is 0 Å². The molecule has 1 heterocycles. The van der Waals surface area contributed by atoms with Gasteiger partial charge in [-0.2, -0.15) is 0 Å². The molecule has 202 valence electrons. The molecule has 1 aliphatic rings. The summed E-state index contributed by atoms with van der Waals surface area (Å²) >= 11 is 0. The number of hydrogen-bond acceptors (Lipinski definition) is 10. The highest BCUT2D eigenvalue weighted by Gasteiger charge is 2.39. The van der Waals surface area contributed by atoms with Crippen LogP contribution in [0.4, 0.5) is 4.79 Å². The number of hydrogen-bond donors (Lipinski definition) is 4. The van der Waals surface area contributed by atoms with Crippen LogP contribution in [-0.2, 0) is 23.9 Å². The van der Waals surface area contributed by atoms with Gasteiger partial charge >= 0.3 is 18.0 Å². The molecule has 0 spiro atoms. The van der Waals surface area contributed by atoms with Crippen LogP contribution < -0.4 is 0 Å². The second-order valence-corrected chi connectivity index (χ2v) is 10.3. The van der Waals surface area contributed by atoms with Gasteiger partial charge in [0, 0.05) is 0 Å². The van der Waals surface area contributed by atoms with Gasteiger partial charge in [0.25, 0.3) is 0 Å². The lowest BCUT2D eigenvalue weighted by Gasteiger charge is -2.30. The molecule has 0 saturated carbocycles. The number of nitrogens with zero attached hydrogens (tertiary/aromatic N) is 2. The monoisotopic (exact) mass is 504 g/mol. The van der Waals surface area contributed by atoms with Crippen molar-refractivity contribution in [2.24, 2.45) is 5.41 Å². The number of aliphatic hydroxyl groups excluding tert-OH is 4. The summed E-state index contributed by atoms with van der Waals surface area (Å²) in [5.41, 5.74) is -1.07. The van der Waals surface area contributed by atoms with E-state index in [1.807, 2.05) is 20.8 Å². The van der Waals surface area contributed by atoms with Crippen LogP contribution in [0.25, 0.3) is 0 Å². The maximum Gasteiger partial charge on any atom is 0.338 e. The number of imide groups is 1. The van der Waals surface area contributed by atoms with Crippen LogP contribution in [0.3, 0.4) is 0 Å². The third-order valence-corrected chi connectivity index (χ3v) is 6.00. The molecule has 4 N–H and O–H groups in total. The number of esters is 2. The summed E-state index contributed by atoms with van der Waals surface area (Å²) in [7, 11) is 0. The summed E-state index contributed by atoms with van der Waals surface area (Å²) < 4.78 is 9.61. The molecule has 4 unspecified atom stereocenters. The van der Waals surface area contributed by atoms with E-state index >= 15 is 0 Å². The Morgan fingerprint density at radius 3 is 1.97 bits per heavy atom. The number of ether oxygens (including phenoxy) is 2. The summed E-state index contributed by atoms with van der Waals surface area (Å²) in [5.74, 6) is -3.11. The van der Waals surface area contributed by atoms with Gasteiger partial charge in [-0.05, 0) is 32.6 Å². The van der Waals surface area contributed by atoms with Crippen molar-refractivity contribution in [3.63, 3.8) is 0 Å². The second-order valence-electron chi connectivity index (χ2n) is 10.3. The Kier molecular flexibility index (Phi) is 11.1. The summed E-state index contributed by atoms with van der Waals surface area (Å²) in [6, 6.07) is -0.686. The minimum absolute atomic E-state index is 0.118. The van der Waals surface area contributed by atoms with Gasteiger partial charge in [0.05, 0.1) is 19.2 Å². The minimum atomic E-state index is -2.24. The SMILES string of the molecule is CCC(C)(CC)CC(O)CN1C(=O)CN(CC(O)COC(=O)C(O)C(O)C(=O)OC(C)(C)C)C1=O. The van der Waals surface area contributed by atoms with Crippen molar-refractivity contribution in [2.75, 3.05) is 26.2 Å². The Morgan fingerprint density at radius 2 is 1.46 bits per heavy atom. The number of aliphatic hydroxyl groups is 4. The van der Waals surface area contributed by atoms with Gasteiger partial charge in [-0.15, -0.1) is 0 Å². The van der Waals surface area contributed by atoms with Gasteiger partial charge in [-0.3, -0.25) is 9.69 Å². The average molecular weight is 505 g/mol. The standard InChI is InChI=1S/C23H40N2O10/c1-7-23(6,8-2)9-14(26)11-25-16(28)12-24(21(25)33)10-15(27)13-34-19(31)17(29)18(30)20(32)35-22(3,4)5/h14-15,17-18,26-27,29-30H,7-13H2,1-6H3. The van der Waals surface area contributed by atoms with Crippen molar-refractivity contribution in [3.05, 3.63) is 0 Å². The van der Waals surface area contributed by atoms with Crippen LogP contribution in [0.5, 0.6) is 0 Å². The number of urea groups is 1. The molecule has 0 aromatic heterocycles. The summed E-state index contributed by atoms with van der Waals surface area (Å²) in [4.78, 5) is 50.6. The Labute approximate surface area is 205 Å². The fraction of sp³-hybridized carbons (Fsp3) is 0.826. The molecule has 1 fully saturated rings. The second kappa shape index (κ2) is 12.6. The summed E-state index contributed by atoms with van der Waals surface area (Å²) in [6.45, 7) is 9.18. The zero-order chi connectivity index (χ0) is 27.1. The van der Waals surface area contributed by atoms with E-state index < -0.39 is 60.5 Å². The highest BCUT2D eigenvalue weighted by Crippen LogP contribution is 2.31. The quantitative estimate of drug-likeness (QED) is 0.194. The molecule has 0 radical (unpaired) electrons. The molecule has 35 heavy (non-hydrogen) atoms. The molecule has 0 aromatic carbocycles. The lowest BCUT2D eigenvalue weighted by atomic mass is 9.79. The molecule has 3 amide bonds. The largest absolute Gasteiger partial charge is 0.461 e. The molecule has 1 aliphatic heterocycles. The van der Waals surface area contributed by atoms with Gasteiger partial charge in [-0.1, -0.05) is 33.6 Å². The molecule has 12 heteroatoms. The van der Waals surface area contributed by atoms with Crippen LogP contribution in [0, 0.1) is 5.41 Å². The predicted octanol–water partition coefficient (Wildman–Crippen LogP) is -0.204. The molecule has 12 nitrogen and oxygen atoms in total. The Balaban J connectivity index is 2.57. The van der Waals surface area contributed by atoms with Crippen molar-refractivity contribution >= 4 is 23.9 Å². The van der Waals surface area contributed by atoms with Gasteiger partial charge in [0.2, 0.25) is 5.91 Å². The van der Waals surface area contributed by atoms with E-state index in [4.69, 9.17) is 9.47 Å². The van der Waals surface area contributed by atoms with E-state index in [0.29, 0.717) is 6.42 Å². The topological polar surface area (TPSA) is 174 Å². The van der Waals surface area contributed by atoms with Gasteiger partial charge in [0.1, 0.15) is 24.9 Å². The van der Waals surface area contributed by atoms with Crippen molar-refractivity contribution in [3.8, 4) is 0 Å². The first-order valence-corrected chi connectivity index (χ1v) is 11.7. The maximum absolute atomic E-state index is 12.6.